The Balaban J connectivity index is 2.12. The SMILES string of the molecule is Cc1cnc(-c2ccccn2)nc1-c1ccccc1. The predicted octanol–water partition coefficient (Wildman–Crippen LogP) is 3.51. The molecule has 3 heteroatoms. The van der Waals surface area contributed by atoms with Gasteiger partial charge in [0.1, 0.15) is 5.69 Å². The lowest BCUT2D eigenvalue weighted by Crippen LogP contribution is -1.96. The van der Waals surface area contributed by atoms with Gasteiger partial charge in [0.15, 0.2) is 5.82 Å². The zero-order valence-electron chi connectivity index (χ0n) is 10.6. The summed E-state index contributed by atoms with van der Waals surface area (Å²) in [5, 5.41) is 0. The minimum Gasteiger partial charge on any atom is -0.253 e. The van der Waals surface area contributed by atoms with E-state index in [1.807, 2.05) is 49.5 Å². The molecular weight excluding hydrogens is 234 g/mol. The molecule has 19 heavy (non-hydrogen) atoms. The van der Waals surface area contributed by atoms with Crippen molar-refractivity contribution >= 4 is 0 Å². The molecule has 0 unspecified atom stereocenters. The van der Waals surface area contributed by atoms with E-state index in [0.29, 0.717) is 5.82 Å². The third-order valence-corrected chi connectivity index (χ3v) is 2.91. The van der Waals surface area contributed by atoms with Gasteiger partial charge in [0, 0.05) is 18.0 Å². The zero-order chi connectivity index (χ0) is 13.1. The molecule has 0 fully saturated rings. The molecule has 0 atom stereocenters. The Bertz CT molecular complexity index is 679. The van der Waals surface area contributed by atoms with Gasteiger partial charge < -0.3 is 0 Å². The Labute approximate surface area is 112 Å². The van der Waals surface area contributed by atoms with Crippen LogP contribution in [0.3, 0.4) is 0 Å². The number of benzene rings is 1. The van der Waals surface area contributed by atoms with E-state index in [1.165, 1.54) is 0 Å². The van der Waals surface area contributed by atoms with E-state index in [1.54, 1.807) is 6.20 Å². The van der Waals surface area contributed by atoms with Crippen LogP contribution < -0.4 is 0 Å². The smallest absolute Gasteiger partial charge is 0.178 e. The van der Waals surface area contributed by atoms with Gasteiger partial charge in [-0.05, 0) is 24.6 Å². The molecule has 0 aliphatic heterocycles. The van der Waals surface area contributed by atoms with E-state index in [-0.39, 0.29) is 0 Å². The zero-order valence-corrected chi connectivity index (χ0v) is 10.6. The average Bonchev–Trinajstić information content (AvgIpc) is 2.49. The van der Waals surface area contributed by atoms with E-state index in [9.17, 15) is 0 Å². The molecule has 0 radical (unpaired) electrons. The minimum atomic E-state index is 0.657. The Morgan fingerprint density at radius 1 is 0.842 bits per heavy atom. The molecule has 0 saturated heterocycles. The summed E-state index contributed by atoms with van der Waals surface area (Å²) in [6.45, 7) is 2.02. The quantitative estimate of drug-likeness (QED) is 0.695. The predicted molar refractivity (Wildman–Crippen MR) is 75.4 cm³/mol. The normalized spacial score (nSPS) is 10.4. The first-order valence-electron chi connectivity index (χ1n) is 6.15. The van der Waals surface area contributed by atoms with Crippen molar-refractivity contribution in [2.45, 2.75) is 6.92 Å². The van der Waals surface area contributed by atoms with Crippen molar-refractivity contribution in [1.82, 2.24) is 15.0 Å². The second-order valence-corrected chi connectivity index (χ2v) is 4.31. The molecule has 0 aliphatic rings. The van der Waals surface area contributed by atoms with Gasteiger partial charge in [-0.25, -0.2) is 9.97 Å². The molecule has 3 rings (SSSR count). The van der Waals surface area contributed by atoms with Crippen molar-refractivity contribution in [2.75, 3.05) is 0 Å². The molecule has 0 N–H and O–H groups in total. The fraction of sp³-hybridized carbons (Fsp3) is 0.0625. The van der Waals surface area contributed by atoms with Gasteiger partial charge in [-0.2, -0.15) is 0 Å². The number of aromatic nitrogens is 3. The van der Waals surface area contributed by atoms with Crippen LogP contribution in [0.5, 0.6) is 0 Å². The van der Waals surface area contributed by atoms with Gasteiger partial charge in [0.25, 0.3) is 0 Å². The summed E-state index contributed by atoms with van der Waals surface area (Å²) in [4.78, 5) is 13.3. The lowest BCUT2D eigenvalue weighted by atomic mass is 10.1. The molecule has 2 aromatic heterocycles. The molecule has 0 bridgehead atoms. The maximum atomic E-state index is 4.64. The molecule has 3 aromatic rings. The Morgan fingerprint density at radius 2 is 1.63 bits per heavy atom. The number of hydrogen-bond acceptors (Lipinski definition) is 3. The van der Waals surface area contributed by atoms with Gasteiger partial charge in [0.2, 0.25) is 0 Å². The summed E-state index contributed by atoms with van der Waals surface area (Å²) in [7, 11) is 0. The Hall–Kier alpha value is -2.55. The van der Waals surface area contributed by atoms with Crippen molar-refractivity contribution < 1.29 is 0 Å². The maximum Gasteiger partial charge on any atom is 0.178 e. The topological polar surface area (TPSA) is 38.7 Å². The summed E-state index contributed by atoms with van der Waals surface area (Å²) in [5.41, 5.74) is 3.90. The van der Waals surface area contributed by atoms with Crippen molar-refractivity contribution in [1.29, 1.82) is 0 Å². The second kappa shape index (κ2) is 4.98. The Morgan fingerprint density at radius 3 is 2.37 bits per heavy atom. The van der Waals surface area contributed by atoms with Crippen molar-refractivity contribution in [3.63, 3.8) is 0 Å². The molecule has 92 valence electrons. The number of nitrogens with zero attached hydrogens (tertiary/aromatic N) is 3. The van der Waals surface area contributed by atoms with Gasteiger partial charge >= 0.3 is 0 Å². The lowest BCUT2D eigenvalue weighted by Gasteiger charge is -2.06. The monoisotopic (exact) mass is 247 g/mol. The second-order valence-electron chi connectivity index (χ2n) is 4.31. The van der Waals surface area contributed by atoms with Crippen LogP contribution in [0.15, 0.2) is 60.9 Å². The first kappa shape index (κ1) is 11.5. The van der Waals surface area contributed by atoms with Crippen LogP contribution in [-0.4, -0.2) is 15.0 Å². The van der Waals surface area contributed by atoms with E-state index in [0.717, 1.165) is 22.5 Å². The molecule has 1 aromatic carbocycles. The number of hydrogen-bond donors (Lipinski definition) is 0. The van der Waals surface area contributed by atoms with Gasteiger partial charge in [-0.15, -0.1) is 0 Å². The van der Waals surface area contributed by atoms with E-state index in [2.05, 4.69) is 27.1 Å². The van der Waals surface area contributed by atoms with Gasteiger partial charge in [-0.3, -0.25) is 4.98 Å². The first-order chi connectivity index (χ1) is 9.34. The van der Waals surface area contributed by atoms with Gasteiger partial charge in [-0.1, -0.05) is 36.4 Å². The van der Waals surface area contributed by atoms with Crippen LogP contribution in [0, 0.1) is 6.92 Å². The van der Waals surface area contributed by atoms with Crippen LogP contribution in [-0.2, 0) is 0 Å². The van der Waals surface area contributed by atoms with E-state index < -0.39 is 0 Å². The van der Waals surface area contributed by atoms with Crippen molar-refractivity contribution in [2.24, 2.45) is 0 Å². The number of aryl methyl sites for hydroxylation is 1. The largest absolute Gasteiger partial charge is 0.253 e. The fourth-order valence-corrected chi connectivity index (χ4v) is 1.95. The molecule has 0 amide bonds. The molecular formula is C16H13N3. The first-order valence-corrected chi connectivity index (χ1v) is 6.15. The molecule has 0 aliphatic carbocycles. The van der Waals surface area contributed by atoms with Crippen molar-refractivity contribution in [3.05, 3.63) is 66.5 Å². The minimum absolute atomic E-state index is 0.657. The highest BCUT2D eigenvalue weighted by molar-refractivity contribution is 5.64. The van der Waals surface area contributed by atoms with E-state index in [4.69, 9.17) is 0 Å². The van der Waals surface area contributed by atoms with Gasteiger partial charge in [0.05, 0.1) is 5.69 Å². The lowest BCUT2D eigenvalue weighted by molar-refractivity contribution is 1.12. The maximum absolute atomic E-state index is 4.64. The number of rotatable bonds is 2. The fourth-order valence-electron chi connectivity index (χ4n) is 1.95. The highest BCUT2D eigenvalue weighted by Gasteiger charge is 2.08. The van der Waals surface area contributed by atoms with Crippen LogP contribution in [0.1, 0.15) is 5.56 Å². The number of pyridine rings is 1. The van der Waals surface area contributed by atoms with Crippen LogP contribution in [0.2, 0.25) is 0 Å². The third kappa shape index (κ3) is 2.36. The summed E-state index contributed by atoms with van der Waals surface area (Å²) in [6.07, 6.45) is 3.60. The standard InChI is InChI=1S/C16H13N3/c1-12-11-18-16(14-9-5-6-10-17-14)19-15(12)13-7-3-2-4-8-13/h2-11H,1H3. The molecule has 3 nitrogen and oxygen atoms in total. The van der Waals surface area contributed by atoms with Crippen molar-refractivity contribution in [3.8, 4) is 22.8 Å². The Kier molecular flexibility index (Phi) is 3.02. The third-order valence-electron chi connectivity index (χ3n) is 2.91. The molecule has 0 spiro atoms. The highest BCUT2D eigenvalue weighted by atomic mass is 14.9. The van der Waals surface area contributed by atoms with Crippen LogP contribution in [0.25, 0.3) is 22.8 Å². The van der Waals surface area contributed by atoms with Crippen LogP contribution >= 0.6 is 0 Å². The summed E-state index contributed by atoms with van der Waals surface area (Å²) in [6, 6.07) is 15.9. The van der Waals surface area contributed by atoms with E-state index >= 15 is 0 Å². The molecule has 2 heterocycles. The average molecular weight is 247 g/mol. The summed E-state index contributed by atoms with van der Waals surface area (Å²) < 4.78 is 0. The summed E-state index contributed by atoms with van der Waals surface area (Å²) in [5.74, 6) is 0.657. The summed E-state index contributed by atoms with van der Waals surface area (Å²) >= 11 is 0. The molecule has 0 saturated carbocycles. The van der Waals surface area contributed by atoms with Crippen LogP contribution in [0.4, 0.5) is 0 Å². The highest BCUT2D eigenvalue weighted by Crippen LogP contribution is 2.22.